The minimum absolute atomic E-state index is 0.0897. The van der Waals surface area contributed by atoms with E-state index in [1.165, 1.54) is 0 Å². The number of hydrogen-bond acceptors (Lipinski definition) is 4. The van der Waals surface area contributed by atoms with Crippen molar-refractivity contribution in [1.82, 2.24) is 10.4 Å². The summed E-state index contributed by atoms with van der Waals surface area (Å²) in [5.41, 5.74) is 5.95. The molecule has 5 heteroatoms. The van der Waals surface area contributed by atoms with Crippen molar-refractivity contribution in [3.05, 3.63) is 58.4 Å². The Hall–Kier alpha value is -1.62. The quantitative estimate of drug-likeness (QED) is 0.657. The molecule has 2 aromatic rings. The van der Waals surface area contributed by atoms with Gasteiger partial charge in [0.05, 0.1) is 19.3 Å². The van der Waals surface area contributed by atoms with Crippen molar-refractivity contribution in [2.75, 3.05) is 7.11 Å². The highest BCUT2D eigenvalue weighted by Gasteiger charge is 2.16. The van der Waals surface area contributed by atoms with Gasteiger partial charge < -0.3 is 4.74 Å². The Morgan fingerprint density at radius 2 is 2.20 bits per heavy atom. The van der Waals surface area contributed by atoms with E-state index in [2.05, 4.69) is 10.4 Å². The number of halogens is 1. The Morgan fingerprint density at radius 3 is 2.85 bits per heavy atom. The normalized spacial score (nSPS) is 12.2. The molecule has 0 radical (unpaired) electrons. The van der Waals surface area contributed by atoms with Gasteiger partial charge in [-0.3, -0.25) is 16.3 Å². The third-order valence-electron chi connectivity index (χ3n) is 3.25. The summed E-state index contributed by atoms with van der Waals surface area (Å²) in [6.07, 6.45) is 4.07. The van der Waals surface area contributed by atoms with Gasteiger partial charge >= 0.3 is 0 Å². The molecule has 0 saturated heterocycles. The maximum atomic E-state index is 6.28. The molecule has 2 rings (SSSR count). The minimum Gasteiger partial charge on any atom is -0.495 e. The second kappa shape index (κ2) is 6.70. The summed E-state index contributed by atoms with van der Waals surface area (Å²) in [6, 6.07) is 7.82. The van der Waals surface area contributed by atoms with E-state index in [-0.39, 0.29) is 6.04 Å². The molecular weight excluding hydrogens is 274 g/mol. The van der Waals surface area contributed by atoms with Crippen molar-refractivity contribution in [2.24, 2.45) is 5.84 Å². The molecule has 4 nitrogen and oxygen atoms in total. The molecule has 0 aliphatic rings. The van der Waals surface area contributed by atoms with E-state index < -0.39 is 0 Å². The molecule has 1 heterocycles. The molecule has 0 fully saturated rings. The third-order valence-corrected chi connectivity index (χ3v) is 3.60. The van der Waals surface area contributed by atoms with Crippen molar-refractivity contribution in [2.45, 2.75) is 19.4 Å². The van der Waals surface area contributed by atoms with Gasteiger partial charge in [-0.25, -0.2) is 0 Å². The number of nitrogens with zero attached hydrogens (tertiary/aromatic N) is 1. The summed E-state index contributed by atoms with van der Waals surface area (Å²) in [7, 11) is 1.62. The number of hydrogen-bond donors (Lipinski definition) is 2. The summed E-state index contributed by atoms with van der Waals surface area (Å²) >= 11 is 6.28. The SMILES string of the molecule is COc1cnccc1C(Cc1ccc(C)cc1Cl)NN. The number of methoxy groups -OCH3 is 1. The Labute approximate surface area is 123 Å². The van der Waals surface area contributed by atoms with Crippen LogP contribution in [0.2, 0.25) is 5.02 Å². The smallest absolute Gasteiger partial charge is 0.141 e. The molecular formula is C15H18ClN3O. The predicted molar refractivity (Wildman–Crippen MR) is 80.7 cm³/mol. The summed E-state index contributed by atoms with van der Waals surface area (Å²) in [5.74, 6) is 6.39. The maximum absolute atomic E-state index is 6.28. The lowest BCUT2D eigenvalue weighted by Gasteiger charge is -2.19. The van der Waals surface area contributed by atoms with E-state index in [0.29, 0.717) is 12.2 Å². The average Bonchev–Trinajstić information content (AvgIpc) is 2.46. The van der Waals surface area contributed by atoms with E-state index in [1.54, 1.807) is 19.5 Å². The molecule has 1 aromatic heterocycles. The number of nitrogens with two attached hydrogens (primary N) is 1. The van der Waals surface area contributed by atoms with Gasteiger partial charge in [-0.05, 0) is 36.6 Å². The highest BCUT2D eigenvalue weighted by atomic mass is 35.5. The molecule has 106 valence electrons. The van der Waals surface area contributed by atoms with Gasteiger partial charge in [-0.15, -0.1) is 0 Å². The van der Waals surface area contributed by atoms with Crippen molar-refractivity contribution < 1.29 is 4.74 Å². The molecule has 3 N–H and O–H groups in total. The van der Waals surface area contributed by atoms with Crippen LogP contribution in [-0.2, 0) is 6.42 Å². The Bertz CT molecular complexity index is 589. The number of pyridine rings is 1. The highest BCUT2D eigenvalue weighted by Crippen LogP contribution is 2.28. The van der Waals surface area contributed by atoms with Crippen LogP contribution in [0, 0.1) is 6.92 Å². The summed E-state index contributed by atoms with van der Waals surface area (Å²) < 4.78 is 5.32. The van der Waals surface area contributed by atoms with Crippen molar-refractivity contribution >= 4 is 11.6 Å². The van der Waals surface area contributed by atoms with Crippen LogP contribution in [0.1, 0.15) is 22.7 Å². The van der Waals surface area contributed by atoms with Crippen LogP contribution >= 0.6 is 11.6 Å². The molecule has 20 heavy (non-hydrogen) atoms. The number of ether oxygens (including phenoxy) is 1. The zero-order valence-electron chi connectivity index (χ0n) is 11.6. The van der Waals surface area contributed by atoms with Crippen LogP contribution in [0.4, 0.5) is 0 Å². The summed E-state index contributed by atoms with van der Waals surface area (Å²) in [4.78, 5) is 4.05. The number of rotatable bonds is 5. The van der Waals surface area contributed by atoms with Gasteiger partial charge in [-0.2, -0.15) is 0 Å². The maximum Gasteiger partial charge on any atom is 0.141 e. The Kier molecular flexibility index (Phi) is 4.95. The molecule has 0 aliphatic carbocycles. The molecule has 0 amide bonds. The monoisotopic (exact) mass is 291 g/mol. The predicted octanol–water partition coefficient (Wildman–Crippen LogP) is 2.80. The van der Waals surface area contributed by atoms with E-state index in [1.807, 2.05) is 31.2 Å². The topological polar surface area (TPSA) is 60.2 Å². The van der Waals surface area contributed by atoms with Gasteiger partial charge in [0.1, 0.15) is 5.75 Å². The van der Waals surface area contributed by atoms with Crippen molar-refractivity contribution in [1.29, 1.82) is 0 Å². The molecule has 0 spiro atoms. The Balaban J connectivity index is 2.29. The van der Waals surface area contributed by atoms with Crippen molar-refractivity contribution in [3.63, 3.8) is 0 Å². The zero-order valence-corrected chi connectivity index (χ0v) is 12.3. The van der Waals surface area contributed by atoms with E-state index in [4.69, 9.17) is 22.2 Å². The van der Waals surface area contributed by atoms with Gasteiger partial charge in [0.25, 0.3) is 0 Å². The molecule has 0 aliphatic heterocycles. The largest absolute Gasteiger partial charge is 0.495 e. The number of nitrogens with one attached hydrogen (secondary N) is 1. The second-order valence-corrected chi connectivity index (χ2v) is 5.04. The van der Waals surface area contributed by atoms with Crippen molar-refractivity contribution in [3.8, 4) is 5.75 Å². The zero-order chi connectivity index (χ0) is 14.5. The van der Waals surface area contributed by atoms with Crippen LogP contribution in [0.3, 0.4) is 0 Å². The van der Waals surface area contributed by atoms with Gasteiger partial charge in [-0.1, -0.05) is 23.7 Å². The van der Waals surface area contributed by atoms with Gasteiger partial charge in [0.2, 0.25) is 0 Å². The average molecular weight is 292 g/mol. The first kappa shape index (κ1) is 14.8. The lowest BCUT2D eigenvalue weighted by Crippen LogP contribution is -2.30. The first-order valence-electron chi connectivity index (χ1n) is 6.34. The lowest BCUT2D eigenvalue weighted by molar-refractivity contribution is 0.397. The third kappa shape index (κ3) is 3.28. The van der Waals surface area contributed by atoms with Gasteiger partial charge in [0, 0.05) is 16.8 Å². The minimum atomic E-state index is -0.0897. The van der Waals surface area contributed by atoms with E-state index in [0.717, 1.165) is 21.7 Å². The van der Waals surface area contributed by atoms with Crippen LogP contribution in [-0.4, -0.2) is 12.1 Å². The van der Waals surface area contributed by atoms with Crippen LogP contribution in [0.5, 0.6) is 5.75 Å². The number of aryl methyl sites for hydroxylation is 1. The number of aromatic nitrogens is 1. The summed E-state index contributed by atoms with van der Waals surface area (Å²) in [6.45, 7) is 2.01. The molecule has 0 bridgehead atoms. The van der Waals surface area contributed by atoms with Gasteiger partial charge in [0.15, 0.2) is 0 Å². The molecule has 1 atom stereocenters. The fourth-order valence-electron chi connectivity index (χ4n) is 2.15. The van der Waals surface area contributed by atoms with E-state index in [9.17, 15) is 0 Å². The first-order valence-corrected chi connectivity index (χ1v) is 6.72. The molecule has 0 saturated carbocycles. The van der Waals surface area contributed by atoms with E-state index >= 15 is 0 Å². The number of benzene rings is 1. The standard InChI is InChI=1S/C15H18ClN3O/c1-10-3-4-11(13(16)7-10)8-14(19-17)12-5-6-18-9-15(12)20-2/h3-7,9,14,19H,8,17H2,1-2H3. The van der Waals surface area contributed by atoms with Crippen LogP contribution in [0.15, 0.2) is 36.7 Å². The lowest BCUT2D eigenvalue weighted by atomic mass is 9.99. The summed E-state index contributed by atoms with van der Waals surface area (Å²) in [5, 5.41) is 0.748. The number of hydrazine groups is 1. The molecule has 1 aromatic carbocycles. The van der Waals surface area contributed by atoms with Crippen LogP contribution < -0.4 is 16.0 Å². The first-order chi connectivity index (χ1) is 9.65. The highest BCUT2D eigenvalue weighted by molar-refractivity contribution is 6.31. The fourth-order valence-corrected chi connectivity index (χ4v) is 2.46. The molecule has 1 unspecified atom stereocenters. The van der Waals surface area contributed by atoms with Crippen LogP contribution in [0.25, 0.3) is 0 Å². The Morgan fingerprint density at radius 1 is 1.40 bits per heavy atom. The second-order valence-electron chi connectivity index (χ2n) is 4.64. The fraction of sp³-hybridized carbons (Fsp3) is 0.267.